The van der Waals surface area contributed by atoms with Gasteiger partial charge in [0.15, 0.2) is 17.3 Å². The van der Waals surface area contributed by atoms with Crippen LogP contribution < -0.4 is 10.5 Å². The van der Waals surface area contributed by atoms with Crippen molar-refractivity contribution < 1.29 is 14.0 Å². The third-order valence-electron chi connectivity index (χ3n) is 10.6. The maximum absolute atomic E-state index is 10.1. The molecule has 1 spiro atoms. The number of hydrogen-bond acceptors (Lipinski definition) is 11. The van der Waals surface area contributed by atoms with Gasteiger partial charge in [-0.15, -0.1) is 11.3 Å². The fraction of sp³-hybridized carbons (Fsp3) is 0.559. The number of nitrogen functional groups attached to an aromatic ring is 1. The summed E-state index contributed by atoms with van der Waals surface area (Å²) in [5, 5.41) is 20.3. The number of aryl methyl sites for hydroxylation is 1. The van der Waals surface area contributed by atoms with Crippen LogP contribution in [0.25, 0.3) is 22.9 Å². The molecule has 0 aromatic carbocycles. The second-order valence-electron chi connectivity index (χ2n) is 13.5. The number of rotatable bonds is 7. The predicted molar refractivity (Wildman–Crippen MR) is 174 cm³/mol. The van der Waals surface area contributed by atoms with Gasteiger partial charge in [0.2, 0.25) is 5.88 Å². The van der Waals surface area contributed by atoms with Gasteiger partial charge in [-0.05, 0) is 89.9 Å². The average molecular weight is 641 g/mol. The number of aromatic nitrogens is 5. The predicted octanol–water partition coefficient (Wildman–Crippen LogP) is 5.37. The van der Waals surface area contributed by atoms with Crippen LogP contribution in [0.3, 0.4) is 0 Å². The SMILES string of the molecule is C[C@H](Oc1cc(-c2ccn(C[C@H]3CCOC3)n2)nc(-c2noc3c2CCC[C@@]32CCCc3sc(N)c(C#N)c32)n1)[C@@H]1CCCN1C. The van der Waals surface area contributed by atoms with E-state index in [4.69, 9.17) is 34.8 Å². The van der Waals surface area contributed by atoms with Crippen LogP contribution >= 0.6 is 11.3 Å². The summed E-state index contributed by atoms with van der Waals surface area (Å²) in [6.45, 7) is 5.58. The molecule has 4 aromatic rings. The molecule has 0 unspecified atom stereocenters. The fourth-order valence-corrected chi connectivity index (χ4v) is 9.49. The van der Waals surface area contributed by atoms with E-state index < -0.39 is 5.41 Å². The normalized spacial score (nSPS) is 25.0. The van der Waals surface area contributed by atoms with E-state index in [0.29, 0.717) is 45.6 Å². The highest BCUT2D eigenvalue weighted by molar-refractivity contribution is 7.16. The van der Waals surface area contributed by atoms with E-state index in [-0.39, 0.29) is 6.10 Å². The van der Waals surface area contributed by atoms with Crippen LogP contribution in [0, 0.1) is 17.2 Å². The van der Waals surface area contributed by atoms with E-state index >= 15 is 0 Å². The Morgan fingerprint density at radius 2 is 2.07 bits per heavy atom. The highest BCUT2D eigenvalue weighted by Gasteiger charge is 2.49. The van der Waals surface area contributed by atoms with E-state index in [0.717, 1.165) is 107 Å². The van der Waals surface area contributed by atoms with Gasteiger partial charge in [0.1, 0.15) is 22.9 Å². The molecule has 4 atom stereocenters. The first-order valence-corrected chi connectivity index (χ1v) is 17.4. The molecule has 0 radical (unpaired) electrons. The molecule has 4 aliphatic rings. The molecule has 0 bridgehead atoms. The van der Waals surface area contributed by atoms with Gasteiger partial charge in [0, 0.05) is 47.8 Å². The first-order valence-electron chi connectivity index (χ1n) is 16.6. The number of nitrogens with two attached hydrogens (primary N) is 1. The van der Waals surface area contributed by atoms with Crippen LogP contribution in [0.4, 0.5) is 5.00 Å². The zero-order valence-electron chi connectivity index (χ0n) is 26.5. The van der Waals surface area contributed by atoms with Crippen LogP contribution in [-0.2, 0) is 29.5 Å². The lowest BCUT2D eigenvalue weighted by Gasteiger charge is -2.39. The minimum Gasteiger partial charge on any atom is -0.473 e. The molecule has 2 aliphatic heterocycles. The summed E-state index contributed by atoms with van der Waals surface area (Å²) < 4.78 is 20.4. The minimum atomic E-state index is -0.410. The van der Waals surface area contributed by atoms with Crippen molar-refractivity contribution in [2.45, 2.75) is 88.8 Å². The Hall–Kier alpha value is -3.79. The van der Waals surface area contributed by atoms with Crippen molar-refractivity contribution in [1.29, 1.82) is 5.26 Å². The van der Waals surface area contributed by atoms with Gasteiger partial charge in [-0.3, -0.25) is 9.58 Å². The molecule has 8 rings (SSSR count). The quantitative estimate of drug-likeness (QED) is 0.280. The molecule has 2 aliphatic carbocycles. The molecule has 2 saturated heterocycles. The summed E-state index contributed by atoms with van der Waals surface area (Å²) in [4.78, 5) is 13.6. The second-order valence-corrected chi connectivity index (χ2v) is 14.6. The van der Waals surface area contributed by atoms with Crippen molar-refractivity contribution in [2.24, 2.45) is 5.92 Å². The largest absolute Gasteiger partial charge is 0.473 e. The molecular weight excluding hydrogens is 600 g/mol. The smallest absolute Gasteiger partial charge is 0.217 e. The zero-order chi connectivity index (χ0) is 31.4. The number of nitrogens with zero attached hydrogens (tertiary/aromatic N) is 7. The topological polar surface area (TPSA) is 141 Å². The first kappa shape index (κ1) is 29.6. The molecule has 11 nitrogen and oxygen atoms in total. The van der Waals surface area contributed by atoms with Gasteiger partial charge in [0.05, 0.1) is 23.3 Å². The third kappa shape index (κ3) is 5.00. The summed E-state index contributed by atoms with van der Waals surface area (Å²) in [6, 6.07) is 6.63. The Labute approximate surface area is 272 Å². The van der Waals surface area contributed by atoms with Gasteiger partial charge in [-0.2, -0.15) is 15.3 Å². The third-order valence-corrected chi connectivity index (χ3v) is 11.7. The van der Waals surface area contributed by atoms with E-state index in [1.54, 1.807) is 11.3 Å². The Balaban J connectivity index is 1.20. The molecule has 46 heavy (non-hydrogen) atoms. The summed E-state index contributed by atoms with van der Waals surface area (Å²) in [5.74, 6) is 2.28. The lowest BCUT2D eigenvalue weighted by Crippen LogP contribution is -2.38. The van der Waals surface area contributed by atoms with Gasteiger partial charge >= 0.3 is 0 Å². The van der Waals surface area contributed by atoms with Gasteiger partial charge in [0.25, 0.3) is 0 Å². The molecule has 2 fully saturated rings. The Bertz CT molecular complexity index is 1800. The molecule has 4 aromatic heterocycles. The van der Waals surface area contributed by atoms with Crippen LogP contribution in [0.1, 0.15) is 79.2 Å². The molecule has 6 heterocycles. The number of likely N-dealkylation sites (tertiary alicyclic amines) is 1. The number of ether oxygens (including phenoxy) is 2. The molecular formula is C34H40N8O3S. The van der Waals surface area contributed by atoms with Crippen molar-refractivity contribution in [2.75, 3.05) is 32.5 Å². The highest BCUT2D eigenvalue weighted by Crippen LogP contribution is 2.55. The van der Waals surface area contributed by atoms with E-state index in [1.165, 1.54) is 4.88 Å². The monoisotopic (exact) mass is 640 g/mol. The number of likely N-dealkylation sites (N-methyl/N-ethyl adjacent to an activating group) is 1. The van der Waals surface area contributed by atoms with E-state index in [2.05, 4.69) is 30.1 Å². The van der Waals surface area contributed by atoms with Gasteiger partial charge in [-0.25, -0.2) is 4.98 Å². The summed E-state index contributed by atoms with van der Waals surface area (Å²) in [5.41, 5.74) is 10.7. The standard InChI is InChI=1S/C34H40N8O3S/c1-20(26-7-5-13-41(26)2)44-28-16-25(24-9-14-42(39-24)18-21-10-15-43-19-21)37-33(38-28)30-22-6-3-11-34(31(22)45-40-30)12-4-8-27-29(34)23(17-35)32(36)46-27/h9,14,16,20-21,26H,3-8,10-13,15,18-19,36H2,1-2H3/t20-,21+,26-,34-/m0/s1. The number of hydrogen-bond donors (Lipinski definition) is 1. The lowest BCUT2D eigenvalue weighted by molar-refractivity contribution is 0.117. The lowest BCUT2D eigenvalue weighted by atomic mass is 9.63. The maximum atomic E-state index is 10.1. The van der Waals surface area contributed by atoms with Gasteiger partial charge in [-0.1, -0.05) is 5.16 Å². The van der Waals surface area contributed by atoms with Crippen LogP contribution in [0.5, 0.6) is 5.88 Å². The summed E-state index contributed by atoms with van der Waals surface area (Å²) >= 11 is 1.55. The molecule has 0 amide bonds. The van der Waals surface area contributed by atoms with Crippen molar-refractivity contribution >= 4 is 16.3 Å². The Kier molecular flexibility index (Phi) is 7.58. The summed E-state index contributed by atoms with van der Waals surface area (Å²) in [7, 11) is 2.16. The van der Waals surface area contributed by atoms with E-state index in [9.17, 15) is 5.26 Å². The number of thiophene rings is 1. The number of fused-ring (bicyclic) bond motifs is 4. The maximum Gasteiger partial charge on any atom is 0.217 e. The van der Waals surface area contributed by atoms with Gasteiger partial charge < -0.3 is 19.7 Å². The minimum absolute atomic E-state index is 0.0494. The fourth-order valence-electron chi connectivity index (χ4n) is 8.33. The molecule has 2 N–H and O–H groups in total. The van der Waals surface area contributed by atoms with E-state index in [1.807, 2.05) is 23.0 Å². The average Bonchev–Trinajstić information content (AvgIpc) is 3.88. The molecule has 0 saturated carbocycles. The molecule has 240 valence electrons. The van der Waals surface area contributed by atoms with Crippen molar-refractivity contribution in [3.8, 4) is 34.9 Å². The van der Waals surface area contributed by atoms with Crippen molar-refractivity contribution in [3.05, 3.63) is 45.7 Å². The van der Waals surface area contributed by atoms with Crippen LogP contribution in [0.2, 0.25) is 0 Å². The van der Waals surface area contributed by atoms with Crippen LogP contribution in [-0.4, -0.2) is 68.8 Å². The van der Waals surface area contributed by atoms with Crippen LogP contribution in [0.15, 0.2) is 22.9 Å². The first-order chi connectivity index (χ1) is 22.4. The Morgan fingerprint density at radius 3 is 2.85 bits per heavy atom. The molecule has 12 heteroatoms. The zero-order valence-corrected chi connectivity index (χ0v) is 27.3. The Morgan fingerprint density at radius 1 is 1.20 bits per heavy atom. The number of nitriles is 1. The second kappa shape index (κ2) is 11.8. The van der Waals surface area contributed by atoms with Crippen molar-refractivity contribution in [1.82, 2.24) is 29.8 Å². The number of anilines is 1. The highest BCUT2D eigenvalue weighted by atomic mass is 32.1. The van der Waals surface area contributed by atoms with Crippen molar-refractivity contribution in [3.63, 3.8) is 0 Å². The summed E-state index contributed by atoms with van der Waals surface area (Å²) in [6.07, 6.45) is 10.8.